The predicted octanol–water partition coefficient (Wildman–Crippen LogP) is 7.31. The highest BCUT2D eigenvalue weighted by molar-refractivity contribution is 6.30. The Morgan fingerprint density at radius 2 is 1.78 bits per heavy atom. The SMILES string of the molecule is Cc1cc2cc(c1F)[C@H](CC(=O)O)NC(=O)[C@@H](n1cc(CCN3CC(F)C3)c(C(F)(F)F)cc1=O)c1cc(Cl)cc(c1)Oc1ccc(F)c(C)c1-2. The Bertz CT molecular complexity index is 2110. The van der Waals surface area contributed by atoms with Gasteiger partial charge in [0.2, 0.25) is 5.91 Å². The third-order valence-corrected chi connectivity index (χ3v) is 9.26. The molecule has 1 fully saturated rings. The van der Waals surface area contributed by atoms with Gasteiger partial charge < -0.3 is 15.2 Å². The number of fused-ring (bicyclic) bond motifs is 6. The third-order valence-electron chi connectivity index (χ3n) is 9.04. The summed E-state index contributed by atoms with van der Waals surface area (Å²) < 4.78 is 93.9. The number of hydrogen-bond acceptors (Lipinski definition) is 5. The number of aryl methyl sites for hydroxylation is 1. The van der Waals surface area contributed by atoms with Gasteiger partial charge in [-0.2, -0.15) is 13.2 Å². The molecule has 1 amide bonds. The van der Waals surface area contributed by atoms with Crippen LogP contribution < -0.4 is 15.6 Å². The highest BCUT2D eigenvalue weighted by Gasteiger charge is 2.37. The van der Waals surface area contributed by atoms with E-state index in [2.05, 4.69) is 5.32 Å². The number of pyridine rings is 1. The van der Waals surface area contributed by atoms with Crippen molar-refractivity contribution in [1.29, 1.82) is 0 Å². The molecular weight excluding hydrogens is 704 g/mol. The number of amides is 1. The van der Waals surface area contributed by atoms with E-state index in [1.165, 1.54) is 50.2 Å². The van der Waals surface area contributed by atoms with Gasteiger partial charge in [-0.3, -0.25) is 23.9 Å². The van der Waals surface area contributed by atoms with Crippen molar-refractivity contribution in [2.45, 2.75) is 51.1 Å². The number of benzene rings is 3. The van der Waals surface area contributed by atoms with Gasteiger partial charge in [-0.05, 0) is 90.6 Å². The van der Waals surface area contributed by atoms with Crippen LogP contribution in [0.25, 0.3) is 11.1 Å². The molecule has 3 heterocycles. The van der Waals surface area contributed by atoms with Crippen LogP contribution in [0.4, 0.5) is 26.3 Å². The van der Waals surface area contributed by atoms with Crippen LogP contribution in [0.15, 0.2) is 59.5 Å². The Labute approximate surface area is 292 Å². The maximum Gasteiger partial charge on any atom is 0.416 e. The van der Waals surface area contributed by atoms with E-state index in [-0.39, 0.29) is 81.5 Å². The number of aliphatic carboxylic acids is 1. The molecule has 0 aliphatic carbocycles. The summed E-state index contributed by atoms with van der Waals surface area (Å²) in [6, 6.07) is 6.10. The number of rotatable bonds is 6. The van der Waals surface area contributed by atoms with Gasteiger partial charge in [0, 0.05) is 48.0 Å². The Balaban J connectivity index is 1.59. The molecule has 2 N–H and O–H groups in total. The summed E-state index contributed by atoms with van der Waals surface area (Å²) in [5, 5.41) is 12.3. The summed E-state index contributed by atoms with van der Waals surface area (Å²) in [7, 11) is 0. The van der Waals surface area contributed by atoms with Crippen molar-refractivity contribution in [2.75, 3.05) is 19.6 Å². The Morgan fingerprint density at radius 3 is 2.45 bits per heavy atom. The summed E-state index contributed by atoms with van der Waals surface area (Å²) >= 11 is 6.47. The number of aromatic nitrogens is 1. The average molecular weight is 734 g/mol. The highest BCUT2D eigenvalue weighted by Crippen LogP contribution is 2.42. The minimum Gasteiger partial charge on any atom is -0.481 e. The monoisotopic (exact) mass is 733 g/mol. The van der Waals surface area contributed by atoms with Gasteiger partial charge in [0.1, 0.15) is 35.3 Å². The molecule has 0 radical (unpaired) electrons. The third kappa shape index (κ3) is 7.33. The second-order valence-electron chi connectivity index (χ2n) is 12.7. The Kier molecular flexibility index (Phi) is 9.68. The number of carbonyl (C=O) groups excluding carboxylic acids is 1. The van der Waals surface area contributed by atoms with Crippen LogP contribution in [-0.4, -0.2) is 52.3 Å². The van der Waals surface area contributed by atoms with Crippen LogP contribution in [0, 0.1) is 25.5 Å². The zero-order valence-electron chi connectivity index (χ0n) is 27.1. The molecule has 6 rings (SSSR count). The Hall–Kier alpha value is -4.82. The van der Waals surface area contributed by atoms with Crippen molar-refractivity contribution in [3.63, 3.8) is 0 Å². The first-order chi connectivity index (χ1) is 24.0. The largest absolute Gasteiger partial charge is 0.481 e. The number of alkyl halides is 4. The molecule has 4 aromatic rings. The number of nitrogens with one attached hydrogen (secondary N) is 1. The molecule has 268 valence electrons. The standard InChI is InChI=1S/C36H30ClF6N3O5/c1-17-7-20-10-25(33(17)40)28(13-31(48)49)44-35(50)34(21-8-22(37)11-24(9-21)51-29-4-3-27(39)18(2)32(20)29)46-14-19(5-6-45-15-23(38)16-45)26(12-30(46)47)36(41,42)43/h3-4,7-12,14,23,28,34H,5-6,13,15-16H2,1-2H3,(H,44,50)(H,48,49)/t28-,34-/m0/s1. The quantitative estimate of drug-likeness (QED) is 0.202. The van der Waals surface area contributed by atoms with E-state index < -0.39 is 65.5 Å². The fourth-order valence-electron chi connectivity index (χ4n) is 6.56. The number of likely N-dealkylation sites (tertiary alicyclic amines) is 1. The first-order valence-corrected chi connectivity index (χ1v) is 16.2. The van der Waals surface area contributed by atoms with Crippen molar-refractivity contribution >= 4 is 23.5 Å². The number of hydrogen-bond donors (Lipinski definition) is 2. The van der Waals surface area contributed by atoms with E-state index in [9.17, 15) is 41.4 Å². The zero-order chi connectivity index (χ0) is 36.9. The van der Waals surface area contributed by atoms with E-state index >= 15 is 4.39 Å². The first-order valence-electron chi connectivity index (χ1n) is 15.8. The first kappa shape index (κ1) is 36.0. The number of halogens is 7. The molecule has 4 bridgehead atoms. The van der Waals surface area contributed by atoms with Crippen molar-refractivity contribution in [3.8, 4) is 22.6 Å². The van der Waals surface area contributed by atoms with E-state index in [4.69, 9.17) is 16.3 Å². The van der Waals surface area contributed by atoms with Gasteiger partial charge in [-0.15, -0.1) is 0 Å². The van der Waals surface area contributed by atoms with Crippen LogP contribution in [0.5, 0.6) is 11.5 Å². The molecule has 0 spiro atoms. The van der Waals surface area contributed by atoms with Gasteiger partial charge >= 0.3 is 12.1 Å². The molecule has 3 aromatic carbocycles. The van der Waals surface area contributed by atoms with Crippen LogP contribution in [0.1, 0.15) is 51.9 Å². The molecule has 2 aliphatic heterocycles. The molecular formula is C36H30ClF6N3O5. The van der Waals surface area contributed by atoms with Crippen molar-refractivity contribution < 1.29 is 45.8 Å². The van der Waals surface area contributed by atoms with Crippen molar-refractivity contribution in [3.05, 3.63) is 115 Å². The summed E-state index contributed by atoms with van der Waals surface area (Å²) in [5.41, 5.74) is -2.59. The lowest BCUT2D eigenvalue weighted by atomic mass is 9.92. The summed E-state index contributed by atoms with van der Waals surface area (Å²) in [5.74, 6) is -3.92. The van der Waals surface area contributed by atoms with Gasteiger partial charge in [-0.25, -0.2) is 13.2 Å². The summed E-state index contributed by atoms with van der Waals surface area (Å²) in [6.07, 6.45) is -6.27. The zero-order valence-corrected chi connectivity index (χ0v) is 27.8. The second kappa shape index (κ2) is 13.7. The molecule has 2 aliphatic rings. The van der Waals surface area contributed by atoms with Gasteiger partial charge in [0.15, 0.2) is 0 Å². The molecule has 1 aromatic heterocycles. The van der Waals surface area contributed by atoms with Gasteiger partial charge in [-0.1, -0.05) is 11.6 Å². The number of ether oxygens (including phenoxy) is 1. The number of nitrogens with zero attached hydrogens (tertiary/aromatic N) is 2. The van der Waals surface area contributed by atoms with Crippen molar-refractivity contribution in [2.24, 2.45) is 0 Å². The smallest absolute Gasteiger partial charge is 0.416 e. The van der Waals surface area contributed by atoms with Gasteiger partial charge in [0.25, 0.3) is 5.56 Å². The summed E-state index contributed by atoms with van der Waals surface area (Å²) in [6.45, 7) is 2.97. The number of carboxylic acids is 1. The van der Waals surface area contributed by atoms with Crippen LogP contribution in [-0.2, 0) is 22.2 Å². The minimum absolute atomic E-state index is 0.00157. The number of carbonyl (C=O) groups is 2. The predicted molar refractivity (Wildman–Crippen MR) is 175 cm³/mol. The van der Waals surface area contributed by atoms with Crippen LogP contribution in [0.2, 0.25) is 5.02 Å². The number of carboxylic acid groups (broad SMARTS) is 1. The Morgan fingerprint density at radius 1 is 1.06 bits per heavy atom. The molecule has 15 heteroatoms. The van der Waals surface area contributed by atoms with E-state index in [1.54, 1.807) is 4.90 Å². The lowest BCUT2D eigenvalue weighted by Gasteiger charge is -2.34. The van der Waals surface area contributed by atoms with Crippen molar-refractivity contribution in [1.82, 2.24) is 14.8 Å². The van der Waals surface area contributed by atoms with Crippen LogP contribution >= 0.6 is 11.6 Å². The summed E-state index contributed by atoms with van der Waals surface area (Å²) in [4.78, 5) is 41.6. The molecule has 0 unspecified atom stereocenters. The van der Waals surface area contributed by atoms with E-state index in [1.807, 2.05) is 0 Å². The topological polar surface area (TPSA) is 101 Å². The molecule has 2 atom stereocenters. The maximum atomic E-state index is 15.9. The van der Waals surface area contributed by atoms with Gasteiger partial charge in [0.05, 0.1) is 18.0 Å². The lowest BCUT2D eigenvalue weighted by molar-refractivity contribution is -0.139. The fourth-order valence-corrected chi connectivity index (χ4v) is 6.79. The second-order valence-corrected chi connectivity index (χ2v) is 13.1. The normalized spacial score (nSPS) is 18.0. The lowest BCUT2D eigenvalue weighted by Crippen LogP contribution is -2.49. The van der Waals surface area contributed by atoms with Crippen LogP contribution in [0.3, 0.4) is 0 Å². The maximum absolute atomic E-state index is 15.9. The minimum atomic E-state index is -4.95. The van der Waals surface area contributed by atoms with E-state index in [0.29, 0.717) is 6.07 Å². The average Bonchev–Trinajstić information content (AvgIpc) is 3.02. The highest BCUT2D eigenvalue weighted by atomic mass is 35.5. The molecule has 8 nitrogen and oxygen atoms in total. The fraction of sp³-hybridized carbons (Fsp3) is 0.306. The molecule has 51 heavy (non-hydrogen) atoms. The molecule has 0 saturated carbocycles. The van der Waals surface area contributed by atoms with E-state index in [0.717, 1.165) is 16.8 Å². The molecule has 1 saturated heterocycles.